The van der Waals surface area contributed by atoms with Gasteiger partial charge in [-0.25, -0.2) is 4.39 Å². The smallest absolute Gasteiger partial charge is 0.253 e. The maximum absolute atomic E-state index is 14.8. The predicted molar refractivity (Wildman–Crippen MR) is 113 cm³/mol. The van der Waals surface area contributed by atoms with Crippen LogP contribution < -0.4 is 10.6 Å². The minimum atomic E-state index is -0.335. The molecule has 29 heavy (non-hydrogen) atoms. The van der Waals surface area contributed by atoms with Gasteiger partial charge in [-0.2, -0.15) is 0 Å². The fourth-order valence-electron chi connectivity index (χ4n) is 4.00. The van der Waals surface area contributed by atoms with Crippen molar-refractivity contribution in [3.8, 4) is 0 Å². The Bertz CT molecular complexity index is 891. The average molecular weight is 418 g/mol. The molecule has 1 atom stereocenters. The van der Waals surface area contributed by atoms with Crippen LogP contribution in [0.5, 0.6) is 0 Å². The van der Waals surface area contributed by atoms with E-state index in [1.54, 1.807) is 23.1 Å². The molecule has 2 aliphatic rings. The lowest BCUT2D eigenvalue weighted by atomic mass is 9.95. The normalized spacial score (nSPS) is 18.4. The van der Waals surface area contributed by atoms with Crippen LogP contribution >= 0.6 is 12.4 Å². The van der Waals surface area contributed by atoms with Gasteiger partial charge in [-0.1, -0.05) is 24.3 Å². The van der Waals surface area contributed by atoms with Gasteiger partial charge in [0.25, 0.3) is 5.91 Å². The van der Waals surface area contributed by atoms with E-state index in [1.807, 2.05) is 24.3 Å². The second kappa shape index (κ2) is 9.37. The summed E-state index contributed by atoms with van der Waals surface area (Å²) >= 11 is 0. The monoisotopic (exact) mass is 417 g/mol. The fourth-order valence-corrected chi connectivity index (χ4v) is 4.00. The SMILES string of the molecule is Cl.O=C(Nc1ccc2c(c1F)CCNC2)C1CCCN(C(=O)c2ccccc2)C1. The minimum absolute atomic E-state index is 0. The highest BCUT2D eigenvalue weighted by Gasteiger charge is 2.29. The number of rotatable bonds is 3. The third kappa shape index (κ3) is 4.60. The third-order valence-corrected chi connectivity index (χ3v) is 5.57. The van der Waals surface area contributed by atoms with Crippen molar-refractivity contribution in [2.24, 2.45) is 5.92 Å². The third-order valence-electron chi connectivity index (χ3n) is 5.57. The van der Waals surface area contributed by atoms with Gasteiger partial charge in [0.05, 0.1) is 11.6 Å². The lowest BCUT2D eigenvalue weighted by Crippen LogP contribution is -2.43. The van der Waals surface area contributed by atoms with Gasteiger partial charge >= 0.3 is 0 Å². The van der Waals surface area contributed by atoms with E-state index in [-0.39, 0.29) is 41.6 Å². The summed E-state index contributed by atoms with van der Waals surface area (Å²) < 4.78 is 14.8. The Morgan fingerprint density at radius 3 is 2.72 bits per heavy atom. The van der Waals surface area contributed by atoms with Crippen molar-refractivity contribution in [1.82, 2.24) is 10.2 Å². The first-order valence-corrected chi connectivity index (χ1v) is 9.79. The zero-order valence-corrected chi connectivity index (χ0v) is 16.9. The number of benzene rings is 2. The molecule has 2 aromatic carbocycles. The number of nitrogens with one attached hydrogen (secondary N) is 2. The van der Waals surface area contributed by atoms with E-state index in [9.17, 15) is 14.0 Å². The standard InChI is InChI=1S/C22H24FN3O2.ClH/c23-20-18-10-11-24-13-16(18)8-9-19(20)25-21(27)17-7-4-12-26(14-17)22(28)15-5-2-1-3-6-15;/h1-3,5-6,8-9,17,24H,4,7,10-14H2,(H,25,27);1H. The van der Waals surface area contributed by atoms with E-state index in [0.29, 0.717) is 43.6 Å². The zero-order chi connectivity index (χ0) is 19.5. The van der Waals surface area contributed by atoms with Crippen molar-refractivity contribution < 1.29 is 14.0 Å². The summed E-state index contributed by atoms with van der Waals surface area (Å²) in [4.78, 5) is 27.2. The number of nitrogens with zero attached hydrogens (tertiary/aromatic N) is 1. The Morgan fingerprint density at radius 1 is 1.14 bits per heavy atom. The summed E-state index contributed by atoms with van der Waals surface area (Å²) in [6.07, 6.45) is 2.07. The molecule has 0 aromatic heterocycles. The van der Waals surface area contributed by atoms with Gasteiger partial charge in [0, 0.05) is 25.2 Å². The maximum Gasteiger partial charge on any atom is 0.253 e. The minimum Gasteiger partial charge on any atom is -0.338 e. The molecule has 4 rings (SSSR count). The predicted octanol–water partition coefficient (Wildman–Crippen LogP) is 3.38. The average Bonchev–Trinajstić information content (AvgIpc) is 2.76. The number of carbonyl (C=O) groups excluding carboxylic acids is 2. The van der Waals surface area contributed by atoms with E-state index in [2.05, 4.69) is 10.6 Å². The van der Waals surface area contributed by atoms with E-state index in [4.69, 9.17) is 0 Å². The molecule has 1 unspecified atom stereocenters. The van der Waals surface area contributed by atoms with Crippen LogP contribution in [0.4, 0.5) is 10.1 Å². The number of fused-ring (bicyclic) bond motifs is 1. The van der Waals surface area contributed by atoms with Crippen LogP contribution in [0.2, 0.25) is 0 Å². The number of halogens is 2. The van der Waals surface area contributed by atoms with Crippen LogP contribution in [-0.2, 0) is 17.8 Å². The first kappa shape index (κ1) is 21.3. The number of hydrogen-bond donors (Lipinski definition) is 2. The molecule has 1 saturated heterocycles. The van der Waals surface area contributed by atoms with Crippen molar-refractivity contribution in [1.29, 1.82) is 0 Å². The number of hydrogen-bond acceptors (Lipinski definition) is 3. The number of carbonyl (C=O) groups is 2. The molecule has 5 nitrogen and oxygen atoms in total. The van der Waals surface area contributed by atoms with Crippen molar-refractivity contribution >= 4 is 29.9 Å². The molecule has 2 amide bonds. The molecule has 2 heterocycles. The van der Waals surface area contributed by atoms with Gasteiger partial charge in [0.2, 0.25) is 5.91 Å². The topological polar surface area (TPSA) is 61.4 Å². The van der Waals surface area contributed by atoms with Gasteiger partial charge < -0.3 is 15.5 Å². The summed E-state index contributed by atoms with van der Waals surface area (Å²) in [7, 11) is 0. The molecule has 2 aliphatic heterocycles. The van der Waals surface area contributed by atoms with E-state index >= 15 is 0 Å². The molecule has 0 spiro atoms. The van der Waals surface area contributed by atoms with Crippen molar-refractivity contribution in [2.75, 3.05) is 25.0 Å². The molecule has 154 valence electrons. The van der Waals surface area contributed by atoms with Crippen molar-refractivity contribution in [3.63, 3.8) is 0 Å². The molecular weight excluding hydrogens is 393 g/mol. The van der Waals surface area contributed by atoms with Crippen molar-refractivity contribution in [3.05, 3.63) is 65.0 Å². The number of piperidine rings is 1. The number of amides is 2. The van der Waals surface area contributed by atoms with Crippen LogP contribution in [-0.4, -0.2) is 36.3 Å². The zero-order valence-electron chi connectivity index (χ0n) is 16.1. The number of likely N-dealkylation sites (tertiary alicyclic amines) is 1. The molecule has 0 aliphatic carbocycles. The Kier molecular flexibility index (Phi) is 6.87. The number of anilines is 1. The van der Waals surface area contributed by atoms with Crippen LogP contribution in [0.25, 0.3) is 0 Å². The van der Waals surface area contributed by atoms with Gasteiger partial charge in [-0.3, -0.25) is 9.59 Å². The first-order chi connectivity index (χ1) is 13.6. The Balaban J connectivity index is 0.00000240. The summed E-state index contributed by atoms with van der Waals surface area (Å²) in [5, 5.41) is 5.97. The highest BCUT2D eigenvalue weighted by atomic mass is 35.5. The van der Waals surface area contributed by atoms with Gasteiger partial charge in [0.1, 0.15) is 5.82 Å². The van der Waals surface area contributed by atoms with Crippen molar-refractivity contribution in [2.45, 2.75) is 25.8 Å². The highest BCUT2D eigenvalue weighted by Crippen LogP contribution is 2.26. The lowest BCUT2D eigenvalue weighted by molar-refractivity contribution is -0.121. The second-order valence-corrected chi connectivity index (χ2v) is 7.44. The molecular formula is C22H25ClFN3O2. The van der Waals surface area contributed by atoms with E-state index in [1.165, 1.54) is 0 Å². The largest absolute Gasteiger partial charge is 0.338 e. The molecule has 0 radical (unpaired) electrons. The van der Waals surface area contributed by atoms with E-state index < -0.39 is 0 Å². The molecule has 1 fully saturated rings. The molecule has 2 aromatic rings. The fraction of sp³-hybridized carbons (Fsp3) is 0.364. The molecule has 0 bridgehead atoms. The Hall–Kier alpha value is -2.44. The van der Waals surface area contributed by atoms with Gasteiger partial charge in [0.15, 0.2) is 0 Å². The lowest BCUT2D eigenvalue weighted by Gasteiger charge is -2.32. The maximum atomic E-state index is 14.8. The van der Waals surface area contributed by atoms with Crippen LogP contribution in [0.15, 0.2) is 42.5 Å². The highest BCUT2D eigenvalue weighted by molar-refractivity contribution is 5.96. The second-order valence-electron chi connectivity index (χ2n) is 7.44. The van der Waals surface area contributed by atoms with E-state index in [0.717, 1.165) is 18.5 Å². The summed E-state index contributed by atoms with van der Waals surface area (Å²) in [6, 6.07) is 12.6. The first-order valence-electron chi connectivity index (χ1n) is 9.79. The summed E-state index contributed by atoms with van der Waals surface area (Å²) in [6.45, 7) is 2.38. The molecule has 7 heteroatoms. The van der Waals surface area contributed by atoms with Crippen LogP contribution in [0, 0.1) is 11.7 Å². The molecule has 2 N–H and O–H groups in total. The van der Waals surface area contributed by atoms with Crippen LogP contribution in [0.1, 0.15) is 34.3 Å². The van der Waals surface area contributed by atoms with Gasteiger partial charge in [-0.15, -0.1) is 12.4 Å². The summed E-state index contributed by atoms with van der Waals surface area (Å²) in [5.74, 6) is -0.956. The Labute approximate surface area is 176 Å². The van der Waals surface area contributed by atoms with Crippen LogP contribution in [0.3, 0.4) is 0 Å². The quantitative estimate of drug-likeness (QED) is 0.804. The summed E-state index contributed by atoms with van der Waals surface area (Å²) in [5.41, 5.74) is 2.48. The van der Waals surface area contributed by atoms with Gasteiger partial charge in [-0.05, 0) is 55.1 Å². The molecule has 0 saturated carbocycles. The Morgan fingerprint density at radius 2 is 1.93 bits per heavy atom.